The maximum absolute atomic E-state index is 14.2. The van der Waals surface area contributed by atoms with Gasteiger partial charge in [-0.05, 0) is 69.4 Å². The number of aromatic nitrogens is 1. The van der Waals surface area contributed by atoms with Gasteiger partial charge in [-0.15, -0.1) is 0 Å². The molecule has 0 bridgehead atoms. The van der Waals surface area contributed by atoms with Gasteiger partial charge in [0.2, 0.25) is 0 Å². The summed E-state index contributed by atoms with van der Waals surface area (Å²) in [6.45, 7) is 11.5. The summed E-state index contributed by atoms with van der Waals surface area (Å²) in [6, 6.07) is 5.03. The normalized spacial score (nSPS) is 15.2. The van der Waals surface area contributed by atoms with Gasteiger partial charge in [0.1, 0.15) is 5.75 Å². The molecule has 1 aromatic carbocycles. The van der Waals surface area contributed by atoms with Crippen LogP contribution in [0.3, 0.4) is 0 Å². The van der Waals surface area contributed by atoms with Crippen LogP contribution < -0.4 is 14.7 Å². The molecular weight excluding hydrogens is 403 g/mol. The number of hydrogen-bond donors (Lipinski definition) is 2. The average Bonchev–Trinajstić information content (AvgIpc) is 2.71. The molecule has 0 aliphatic rings. The van der Waals surface area contributed by atoms with Gasteiger partial charge in [-0.3, -0.25) is 0 Å². The molecule has 0 amide bonds. The maximum Gasteiger partial charge on any atom is 0.406 e. The summed E-state index contributed by atoms with van der Waals surface area (Å²) in [6.07, 6.45) is 3.73. The van der Waals surface area contributed by atoms with Crippen LogP contribution in [0.5, 0.6) is 17.2 Å². The molecule has 166 valence electrons. The molecule has 0 radical (unpaired) electrons. The Morgan fingerprint density at radius 2 is 1.90 bits per heavy atom. The zero-order chi connectivity index (χ0) is 22.5. The zero-order valence-corrected chi connectivity index (χ0v) is 19.8. The first-order valence-corrected chi connectivity index (χ1v) is 11.7. The van der Waals surface area contributed by atoms with Crippen molar-refractivity contribution in [3.05, 3.63) is 41.1 Å². The lowest BCUT2D eigenvalue weighted by Gasteiger charge is -2.35. The minimum absolute atomic E-state index is 0.0186. The van der Waals surface area contributed by atoms with Crippen LogP contribution >= 0.6 is 7.60 Å². The molecule has 0 aliphatic carbocycles. The van der Waals surface area contributed by atoms with Crippen molar-refractivity contribution in [2.45, 2.75) is 66.0 Å². The van der Waals surface area contributed by atoms with Gasteiger partial charge in [-0.1, -0.05) is 20.3 Å². The fourth-order valence-corrected chi connectivity index (χ4v) is 5.14. The minimum Gasteiger partial charge on any atom is -0.504 e. The van der Waals surface area contributed by atoms with E-state index in [-0.39, 0.29) is 11.5 Å². The first kappa shape index (κ1) is 24.0. The van der Waals surface area contributed by atoms with Gasteiger partial charge in [-0.25, -0.2) is 15.0 Å². The number of nitrogens with one attached hydrogen (secondary N) is 1. The second kappa shape index (κ2) is 9.71. The van der Waals surface area contributed by atoms with E-state index in [4.69, 9.17) is 13.9 Å². The molecule has 30 heavy (non-hydrogen) atoms. The Labute approximate surface area is 179 Å². The SMILES string of the molecule is CCCC(C)(CC)P(=O)(ONc1nccc(C)c1C)Oc1cc(C)c(O)c(OC)c1. The van der Waals surface area contributed by atoms with Gasteiger partial charge >= 0.3 is 7.60 Å². The van der Waals surface area contributed by atoms with Crippen LogP contribution in [0, 0.1) is 20.8 Å². The van der Waals surface area contributed by atoms with Gasteiger partial charge in [0.15, 0.2) is 17.3 Å². The Morgan fingerprint density at radius 1 is 1.20 bits per heavy atom. The van der Waals surface area contributed by atoms with Crippen molar-refractivity contribution in [2.75, 3.05) is 12.6 Å². The highest BCUT2D eigenvalue weighted by atomic mass is 31.2. The fourth-order valence-electron chi connectivity index (χ4n) is 3.19. The summed E-state index contributed by atoms with van der Waals surface area (Å²) in [5.74, 6) is 1.06. The quantitative estimate of drug-likeness (QED) is 0.333. The van der Waals surface area contributed by atoms with E-state index in [1.54, 1.807) is 19.2 Å². The van der Waals surface area contributed by atoms with Crippen LogP contribution in [0.4, 0.5) is 5.82 Å². The Morgan fingerprint density at radius 3 is 2.50 bits per heavy atom. The first-order chi connectivity index (χ1) is 14.1. The Balaban J connectivity index is 2.45. The molecule has 1 heterocycles. The summed E-state index contributed by atoms with van der Waals surface area (Å²) < 4.78 is 31.2. The van der Waals surface area contributed by atoms with Crippen LogP contribution in [0.1, 0.15) is 56.7 Å². The largest absolute Gasteiger partial charge is 0.504 e. The molecule has 2 N–H and O–H groups in total. The van der Waals surface area contributed by atoms with E-state index in [0.29, 0.717) is 30.0 Å². The molecule has 0 saturated carbocycles. The summed E-state index contributed by atoms with van der Waals surface area (Å²) in [4.78, 5) is 4.29. The van der Waals surface area contributed by atoms with E-state index in [2.05, 4.69) is 10.5 Å². The van der Waals surface area contributed by atoms with Crippen molar-refractivity contribution in [1.29, 1.82) is 0 Å². The third-order valence-corrected chi connectivity index (χ3v) is 8.28. The van der Waals surface area contributed by atoms with Gasteiger partial charge < -0.3 is 14.4 Å². The van der Waals surface area contributed by atoms with Gasteiger partial charge in [0.05, 0.1) is 12.3 Å². The van der Waals surface area contributed by atoms with E-state index >= 15 is 0 Å². The van der Waals surface area contributed by atoms with Crippen molar-refractivity contribution in [1.82, 2.24) is 4.98 Å². The number of methoxy groups -OCH3 is 1. The number of pyridine rings is 1. The number of aryl methyl sites for hydroxylation is 2. The lowest BCUT2D eigenvalue weighted by Crippen LogP contribution is -2.29. The van der Waals surface area contributed by atoms with Crippen LogP contribution in [0.25, 0.3) is 0 Å². The molecule has 0 spiro atoms. The van der Waals surface area contributed by atoms with E-state index in [9.17, 15) is 9.67 Å². The molecule has 8 heteroatoms. The number of nitrogens with zero attached hydrogens (tertiary/aromatic N) is 1. The fraction of sp³-hybridized carbons (Fsp3) is 0.500. The number of hydrogen-bond acceptors (Lipinski definition) is 7. The number of phenols is 1. The molecule has 2 rings (SSSR count). The molecule has 2 atom stereocenters. The molecule has 7 nitrogen and oxygen atoms in total. The minimum atomic E-state index is -3.73. The van der Waals surface area contributed by atoms with Crippen molar-refractivity contribution < 1.29 is 23.6 Å². The molecule has 0 aliphatic heterocycles. The Kier molecular flexibility index (Phi) is 7.78. The summed E-state index contributed by atoms with van der Waals surface area (Å²) in [7, 11) is -2.28. The van der Waals surface area contributed by atoms with E-state index in [0.717, 1.165) is 17.5 Å². The molecule has 0 fully saturated rings. The Bertz CT molecular complexity index is 934. The van der Waals surface area contributed by atoms with Crippen LogP contribution in [0.15, 0.2) is 24.4 Å². The highest BCUT2D eigenvalue weighted by Gasteiger charge is 2.48. The first-order valence-electron chi connectivity index (χ1n) is 10.1. The molecule has 0 saturated heterocycles. The van der Waals surface area contributed by atoms with Crippen molar-refractivity contribution in [3.8, 4) is 17.2 Å². The third-order valence-electron chi connectivity index (χ3n) is 5.63. The van der Waals surface area contributed by atoms with Gasteiger partial charge in [-0.2, -0.15) is 4.62 Å². The topological polar surface area (TPSA) is 89.9 Å². The van der Waals surface area contributed by atoms with Gasteiger partial charge in [0, 0.05) is 12.3 Å². The van der Waals surface area contributed by atoms with Crippen LogP contribution in [-0.2, 0) is 9.19 Å². The molecule has 2 unspecified atom stereocenters. The van der Waals surface area contributed by atoms with E-state index in [1.807, 2.05) is 40.7 Å². The van der Waals surface area contributed by atoms with Crippen molar-refractivity contribution >= 4 is 13.4 Å². The number of aromatic hydroxyl groups is 1. The highest BCUT2D eigenvalue weighted by Crippen LogP contribution is 2.63. The van der Waals surface area contributed by atoms with E-state index in [1.165, 1.54) is 13.2 Å². The predicted molar refractivity (Wildman–Crippen MR) is 120 cm³/mol. The lowest BCUT2D eigenvalue weighted by atomic mass is 10.0. The molecular formula is C22H33N2O5P. The van der Waals surface area contributed by atoms with E-state index < -0.39 is 12.8 Å². The number of rotatable bonds is 10. The van der Waals surface area contributed by atoms with Crippen molar-refractivity contribution in [2.24, 2.45) is 0 Å². The zero-order valence-electron chi connectivity index (χ0n) is 18.9. The standard InChI is InChI=1S/C22H33N2O5P/c1-8-11-22(6,9-2)30(26,29-24-21-17(5)15(3)10-12-23-21)28-18-13-16(4)20(25)19(14-18)27-7/h10,12-14,25H,8-9,11H2,1-7H3,(H,23,24). The predicted octanol–water partition coefficient (Wildman–Crippen LogP) is 6.31. The second-order valence-electron chi connectivity index (χ2n) is 7.78. The number of anilines is 1. The number of ether oxygens (including phenoxy) is 1. The summed E-state index contributed by atoms with van der Waals surface area (Å²) in [5, 5.41) is 9.39. The van der Waals surface area contributed by atoms with Crippen molar-refractivity contribution in [3.63, 3.8) is 0 Å². The average molecular weight is 436 g/mol. The summed E-state index contributed by atoms with van der Waals surface area (Å²) in [5.41, 5.74) is 5.28. The molecule has 2 aromatic rings. The monoisotopic (exact) mass is 436 g/mol. The van der Waals surface area contributed by atoms with Gasteiger partial charge in [0.25, 0.3) is 0 Å². The molecule has 1 aromatic heterocycles. The smallest absolute Gasteiger partial charge is 0.406 e. The highest BCUT2D eigenvalue weighted by molar-refractivity contribution is 7.56. The van der Waals surface area contributed by atoms with Crippen LogP contribution in [0.2, 0.25) is 0 Å². The maximum atomic E-state index is 14.2. The van der Waals surface area contributed by atoms with Crippen LogP contribution in [-0.4, -0.2) is 22.4 Å². The number of benzene rings is 1. The number of phenolic OH excluding ortho intramolecular Hbond substituents is 1. The third kappa shape index (κ3) is 4.90. The second-order valence-corrected chi connectivity index (χ2v) is 10.2. The summed E-state index contributed by atoms with van der Waals surface area (Å²) >= 11 is 0. The lowest BCUT2D eigenvalue weighted by molar-refractivity contribution is 0.275. The Hall–Kier alpha value is -2.24.